The van der Waals surface area contributed by atoms with Crippen molar-refractivity contribution in [1.82, 2.24) is 4.90 Å². The summed E-state index contributed by atoms with van der Waals surface area (Å²) in [5.41, 5.74) is 2.55. The summed E-state index contributed by atoms with van der Waals surface area (Å²) in [5.74, 6) is 0. The number of alkyl halides is 1. The van der Waals surface area contributed by atoms with Gasteiger partial charge in [-0.2, -0.15) is 0 Å². The van der Waals surface area contributed by atoms with Crippen LogP contribution in [-0.2, 0) is 11.3 Å². The van der Waals surface area contributed by atoms with Crippen molar-refractivity contribution in [3.05, 3.63) is 70.7 Å². The van der Waals surface area contributed by atoms with E-state index in [1.807, 2.05) is 12.1 Å². The second-order valence-corrected chi connectivity index (χ2v) is 7.01. The molecule has 3 rings (SSSR count). The summed E-state index contributed by atoms with van der Waals surface area (Å²) in [6.45, 7) is 3.65. The van der Waals surface area contributed by atoms with Gasteiger partial charge in [0.25, 0.3) is 0 Å². The highest BCUT2D eigenvalue weighted by atomic mass is 79.9. The van der Waals surface area contributed by atoms with Gasteiger partial charge in [0.1, 0.15) is 0 Å². The van der Waals surface area contributed by atoms with Gasteiger partial charge >= 0.3 is 0 Å². The minimum absolute atomic E-state index is 0.152. The Kier molecular flexibility index (Phi) is 5.53. The first-order valence-corrected chi connectivity index (χ1v) is 8.79. The van der Waals surface area contributed by atoms with Crippen LogP contribution < -0.4 is 0 Å². The van der Waals surface area contributed by atoms with Crippen LogP contribution in [0.3, 0.4) is 0 Å². The largest absolute Gasteiger partial charge is 0.374 e. The highest BCUT2D eigenvalue weighted by Gasteiger charge is 2.27. The van der Waals surface area contributed by atoms with Gasteiger partial charge in [0.05, 0.1) is 17.5 Å². The molecule has 2 aromatic rings. The van der Waals surface area contributed by atoms with Crippen molar-refractivity contribution >= 4 is 27.5 Å². The van der Waals surface area contributed by atoms with Crippen LogP contribution in [0.5, 0.6) is 0 Å². The summed E-state index contributed by atoms with van der Waals surface area (Å²) >= 11 is 9.75. The predicted molar refractivity (Wildman–Crippen MR) is 94.6 cm³/mol. The van der Waals surface area contributed by atoms with Gasteiger partial charge in [-0.05, 0) is 23.3 Å². The molecule has 0 saturated carbocycles. The molecule has 2 nitrogen and oxygen atoms in total. The minimum Gasteiger partial charge on any atom is -0.374 e. The molecule has 0 bridgehead atoms. The second-order valence-electron chi connectivity index (χ2n) is 5.58. The topological polar surface area (TPSA) is 12.5 Å². The smallest absolute Gasteiger partial charge is 0.0868 e. The Morgan fingerprint density at radius 1 is 1.14 bits per heavy atom. The molecule has 1 saturated heterocycles. The Hall–Kier alpha value is -0.870. The number of hydrogen-bond acceptors (Lipinski definition) is 2. The van der Waals surface area contributed by atoms with Crippen molar-refractivity contribution in [3.8, 4) is 0 Å². The molecule has 0 N–H and O–H groups in total. The number of halogens is 2. The van der Waals surface area contributed by atoms with Gasteiger partial charge in [0.2, 0.25) is 0 Å². The lowest BCUT2D eigenvalue weighted by Gasteiger charge is -2.35. The maximum Gasteiger partial charge on any atom is 0.0868 e. The van der Waals surface area contributed by atoms with Crippen molar-refractivity contribution in [2.45, 2.75) is 17.5 Å². The third-order valence-electron chi connectivity index (χ3n) is 3.94. The number of benzene rings is 2. The van der Waals surface area contributed by atoms with E-state index in [-0.39, 0.29) is 10.9 Å². The Bertz CT molecular complexity index is 590. The van der Waals surface area contributed by atoms with Crippen LogP contribution in [-0.4, -0.2) is 30.7 Å². The molecular formula is C18H19BrClNO. The number of morpholine rings is 1. The fraction of sp³-hybridized carbons (Fsp3) is 0.333. The first-order valence-electron chi connectivity index (χ1n) is 7.50. The molecule has 1 aliphatic heterocycles. The Labute approximate surface area is 145 Å². The van der Waals surface area contributed by atoms with Crippen molar-refractivity contribution in [2.24, 2.45) is 0 Å². The fourth-order valence-electron chi connectivity index (χ4n) is 2.76. The lowest BCUT2D eigenvalue weighted by atomic mass is 10.1. The zero-order chi connectivity index (χ0) is 15.4. The molecule has 0 aromatic heterocycles. The van der Waals surface area contributed by atoms with E-state index in [1.54, 1.807) is 0 Å². The summed E-state index contributed by atoms with van der Waals surface area (Å²) in [4.78, 5) is 2.64. The average Bonchev–Trinajstić information content (AvgIpc) is 2.56. The minimum atomic E-state index is 0.152. The van der Waals surface area contributed by atoms with E-state index < -0.39 is 0 Å². The van der Waals surface area contributed by atoms with Crippen LogP contribution in [0, 0.1) is 0 Å². The molecular weight excluding hydrogens is 362 g/mol. The second kappa shape index (κ2) is 7.60. The zero-order valence-electron chi connectivity index (χ0n) is 12.3. The molecule has 22 heavy (non-hydrogen) atoms. The monoisotopic (exact) mass is 379 g/mol. The molecule has 4 heteroatoms. The predicted octanol–water partition coefficient (Wildman–Crippen LogP) is 4.68. The van der Waals surface area contributed by atoms with Crippen molar-refractivity contribution in [2.75, 3.05) is 19.7 Å². The summed E-state index contributed by atoms with van der Waals surface area (Å²) < 4.78 is 5.97. The number of ether oxygens (including phenoxy) is 1. The normalized spacial score (nSPS) is 20.7. The fourth-order valence-corrected chi connectivity index (χ4v) is 3.51. The third-order valence-corrected chi connectivity index (χ3v) is 5.31. The standard InChI is InChI=1S/C18H19BrClNO/c19-18(15-6-8-16(20)9-7-15)17-13-21(10-11-22-17)12-14-4-2-1-3-5-14/h1-9,17-18H,10-13H2/t17-,18?/m1/s1. The van der Waals surface area contributed by atoms with Gasteiger partial charge in [-0.3, -0.25) is 4.90 Å². The third kappa shape index (κ3) is 4.11. The summed E-state index contributed by atoms with van der Waals surface area (Å²) in [6, 6.07) is 18.6. The van der Waals surface area contributed by atoms with Crippen molar-refractivity contribution in [3.63, 3.8) is 0 Å². The quantitative estimate of drug-likeness (QED) is 0.714. The highest BCUT2D eigenvalue weighted by Crippen LogP contribution is 2.31. The summed E-state index contributed by atoms with van der Waals surface area (Å²) in [7, 11) is 0. The van der Waals surface area contributed by atoms with Gasteiger partial charge < -0.3 is 4.74 Å². The molecule has 0 radical (unpaired) electrons. The maximum absolute atomic E-state index is 5.97. The van der Waals surface area contributed by atoms with Gasteiger partial charge in [0.15, 0.2) is 0 Å². The number of hydrogen-bond donors (Lipinski definition) is 0. The molecule has 2 aromatic carbocycles. The first-order chi connectivity index (χ1) is 10.7. The zero-order valence-corrected chi connectivity index (χ0v) is 14.6. The van der Waals surface area contributed by atoms with Crippen LogP contribution >= 0.6 is 27.5 Å². The summed E-state index contributed by atoms with van der Waals surface area (Å²) in [5, 5.41) is 0.763. The molecule has 1 aliphatic rings. The van der Waals surface area contributed by atoms with Gasteiger partial charge in [0, 0.05) is 24.7 Å². The molecule has 116 valence electrons. The SMILES string of the molecule is Clc1ccc(C(Br)[C@H]2CN(Cc3ccccc3)CCO2)cc1. The van der Waals surface area contributed by atoms with E-state index in [2.05, 4.69) is 63.3 Å². The van der Waals surface area contributed by atoms with Crippen LogP contribution in [0.15, 0.2) is 54.6 Å². The van der Waals surface area contributed by atoms with Gasteiger partial charge in [-0.15, -0.1) is 0 Å². The van der Waals surface area contributed by atoms with Gasteiger partial charge in [-0.25, -0.2) is 0 Å². The van der Waals surface area contributed by atoms with Crippen molar-refractivity contribution < 1.29 is 4.74 Å². The molecule has 2 atom stereocenters. The maximum atomic E-state index is 5.97. The Morgan fingerprint density at radius 3 is 2.59 bits per heavy atom. The van der Waals surface area contributed by atoms with E-state index in [0.29, 0.717) is 0 Å². The molecule has 1 unspecified atom stereocenters. The van der Waals surface area contributed by atoms with Gasteiger partial charge in [-0.1, -0.05) is 70.0 Å². The van der Waals surface area contributed by atoms with Crippen LogP contribution in [0.25, 0.3) is 0 Å². The molecule has 1 heterocycles. The first kappa shape index (κ1) is 16.0. The van der Waals surface area contributed by atoms with Crippen LogP contribution in [0.2, 0.25) is 5.02 Å². The molecule has 0 aliphatic carbocycles. The summed E-state index contributed by atoms with van der Waals surface area (Å²) in [6.07, 6.45) is 0.152. The Balaban J connectivity index is 1.63. The van der Waals surface area contributed by atoms with Crippen molar-refractivity contribution in [1.29, 1.82) is 0 Å². The Morgan fingerprint density at radius 2 is 1.86 bits per heavy atom. The van der Waals surface area contributed by atoms with E-state index in [1.165, 1.54) is 11.1 Å². The lowest BCUT2D eigenvalue weighted by molar-refractivity contribution is -0.0310. The van der Waals surface area contributed by atoms with E-state index in [9.17, 15) is 0 Å². The van der Waals surface area contributed by atoms with E-state index in [4.69, 9.17) is 16.3 Å². The molecule has 1 fully saturated rings. The lowest BCUT2D eigenvalue weighted by Crippen LogP contribution is -2.43. The number of rotatable bonds is 4. The van der Waals surface area contributed by atoms with Crippen LogP contribution in [0.1, 0.15) is 16.0 Å². The van der Waals surface area contributed by atoms with Crippen LogP contribution in [0.4, 0.5) is 0 Å². The highest BCUT2D eigenvalue weighted by molar-refractivity contribution is 9.09. The molecule has 0 amide bonds. The average molecular weight is 381 g/mol. The van der Waals surface area contributed by atoms with E-state index in [0.717, 1.165) is 31.3 Å². The number of nitrogens with zero attached hydrogens (tertiary/aromatic N) is 1. The van der Waals surface area contributed by atoms with E-state index >= 15 is 0 Å². The molecule has 0 spiro atoms.